The highest BCUT2D eigenvalue weighted by Crippen LogP contribution is 2.25. The number of fused-ring (bicyclic) bond motifs is 1. The van der Waals surface area contributed by atoms with Crippen molar-refractivity contribution in [2.24, 2.45) is 0 Å². The van der Waals surface area contributed by atoms with Crippen LogP contribution in [0.1, 0.15) is 29.3 Å². The molecule has 0 spiro atoms. The Hall–Kier alpha value is -2.45. The number of nitriles is 1. The number of ether oxygens (including phenoxy) is 1. The molecule has 1 aliphatic rings. The van der Waals surface area contributed by atoms with Crippen molar-refractivity contribution in [2.45, 2.75) is 26.4 Å². The predicted octanol–water partition coefficient (Wildman–Crippen LogP) is 2.31. The summed E-state index contributed by atoms with van der Waals surface area (Å²) in [5, 5.41) is 9.00. The number of benzene rings is 1. The van der Waals surface area contributed by atoms with Gasteiger partial charge < -0.3 is 4.74 Å². The van der Waals surface area contributed by atoms with Gasteiger partial charge in [0.1, 0.15) is 6.33 Å². The summed E-state index contributed by atoms with van der Waals surface area (Å²) in [4.78, 5) is 11.0. The van der Waals surface area contributed by atoms with Gasteiger partial charge in [-0.05, 0) is 24.6 Å². The van der Waals surface area contributed by atoms with E-state index in [4.69, 9.17) is 10.00 Å². The second-order valence-electron chi connectivity index (χ2n) is 5.31. The molecule has 0 N–H and O–H groups in total. The van der Waals surface area contributed by atoms with E-state index in [0.29, 0.717) is 18.1 Å². The fourth-order valence-electron chi connectivity index (χ4n) is 2.76. The second kappa shape index (κ2) is 6.54. The maximum Gasteiger partial charge on any atom is 0.221 e. The van der Waals surface area contributed by atoms with E-state index in [2.05, 4.69) is 27.0 Å². The van der Waals surface area contributed by atoms with Crippen LogP contribution in [0.25, 0.3) is 0 Å². The highest BCUT2D eigenvalue weighted by atomic mass is 16.5. The normalized spacial score (nSPS) is 14.2. The van der Waals surface area contributed by atoms with Crippen molar-refractivity contribution in [2.75, 3.05) is 13.2 Å². The molecule has 0 amide bonds. The highest BCUT2D eigenvalue weighted by molar-refractivity contribution is 5.34. The molecule has 1 aromatic heterocycles. The van der Waals surface area contributed by atoms with Crippen molar-refractivity contribution < 1.29 is 4.74 Å². The molecule has 1 aromatic carbocycles. The molecule has 3 rings (SSSR count). The van der Waals surface area contributed by atoms with Crippen LogP contribution in [0.2, 0.25) is 0 Å². The summed E-state index contributed by atoms with van der Waals surface area (Å²) in [5.74, 6) is 0.697. The second-order valence-corrected chi connectivity index (χ2v) is 5.31. The average molecular weight is 294 g/mol. The van der Waals surface area contributed by atoms with Gasteiger partial charge in [-0.2, -0.15) is 5.26 Å². The van der Waals surface area contributed by atoms with Crippen molar-refractivity contribution >= 4 is 0 Å². The van der Waals surface area contributed by atoms with Crippen molar-refractivity contribution in [1.82, 2.24) is 14.9 Å². The molecule has 1 aliphatic heterocycles. The molecule has 0 radical (unpaired) electrons. The molecular formula is C17H18N4O. The molecule has 0 fully saturated rings. The lowest BCUT2D eigenvalue weighted by Gasteiger charge is -2.28. The molecule has 0 atom stereocenters. The zero-order chi connectivity index (χ0) is 15.4. The van der Waals surface area contributed by atoms with Crippen LogP contribution in [-0.2, 0) is 19.5 Å². The molecule has 0 saturated heterocycles. The Labute approximate surface area is 130 Å². The van der Waals surface area contributed by atoms with Crippen molar-refractivity contribution in [3.05, 3.63) is 53.0 Å². The van der Waals surface area contributed by atoms with E-state index >= 15 is 0 Å². The summed E-state index contributed by atoms with van der Waals surface area (Å²) in [6.07, 6.45) is 2.48. The zero-order valence-corrected chi connectivity index (χ0v) is 12.6. The summed E-state index contributed by atoms with van der Waals surface area (Å²) in [7, 11) is 0. The maximum atomic E-state index is 9.00. The Kier molecular flexibility index (Phi) is 4.31. The van der Waals surface area contributed by atoms with E-state index in [0.717, 1.165) is 42.9 Å². The van der Waals surface area contributed by atoms with Gasteiger partial charge in [-0.25, -0.2) is 9.97 Å². The van der Waals surface area contributed by atoms with Gasteiger partial charge in [-0.1, -0.05) is 12.1 Å². The molecule has 5 nitrogen and oxygen atoms in total. The lowest BCUT2D eigenvalue weighted by Crippen LogP contribution is -2.31. The molecule has 5 heteroatoms. The van der Waals surface area contributed by atoms with Crippen LogP contribution in [0.4, 0.5) is 0 Å². The lowest BCUT2D eigenvalue weighted by molar-refractivity contribution is 0.231. The number of nitrogens with zero attached hydrogens (tertiary/aromatic N) is 4. The molecule has 0 aliphatic carbocycles. The fraction of sp³-hybridized carbons (Fsp3) is 0.353. The molecule has 2 heterocycles. The average Bonchev–Trinajstić information content (AvgIpc) is 2.56. The molecular weight excluding hydrogens is 276 g/mol. The van der Waals surface area contributed by atoms with Crippen LogP contribution in [0.5, 0.6) is 5.88 Å². The Balaban J connectivity index is 1.77. The van der Waals surface area contributed by atoms with Crippen LogP contribution in [0, 0.1) is 11.3 Å². The topological polar surface area (TPSA) is 62.0 Å². The van der Waals surface area contributed by atoms with Gasteiger partial charge in [-0.15, -0.1) is 0 Å². The minimum absolute atomic E-state index is 0.605. The lowest BCUT2D eigenvalue weighted by atomic mass is 10.1. The first-order valence-corrected chi connectivity index (χ1v) is 7.47. The first-order chi connectivity index (χ1) is 10.8. The SMILES string of the molecule is CCOc1ncnc2c1CN(Cc1cccc(C#N)c1)CC2. The molecule has 0 bridgehead atoms. The largest absolute Gasteiger partial charge is 0.478 e. The first kappa shape index (κ1) is 14.5. The van der Waals surface area contributed by atoms with Crippen molar-refractivity contribution in [3.8, 4) is 11.9 Å². The monoisotopic (exact) mass is 294 g/mol. The molecule has 0 unspecified atom stereocenters. The van der Waals surface area contributed by atoms with Crippen LogP contribution < -0.4 is 4.74 Å². The van der Waals surface area contributed by atoms with Gasteiger partial charge >= 0.3 is 0 Å². The zero-order valence-electron chi connectivity index (χ0n) is 12.6. The summed E-state index contributed by atoms with van der Waals surface area (Å²) < 4.78 is 5.62. The third kappa shape index (κ3) is 3.07. The van der Waals surface area contributed by atoms with Crippen LogP contribution >= 0.6 is 0 Å². The van der Waals surface area contributed by atoms with E-state index in [1.807, 2.05) is 25.1 Å². The first-order valence-electron chi connectivity index (χ1n) is 7.47. The fourth-order valence-corrected chi connectivity index (χ4v) is 2.76. The van der Waals surface area contributed by atoms with Crippen LogP contribution in [-0.4, -0.2) is 28.0 Å². The molecule has 0 saturated carbocycles. The van der Waals surface area contributed by atoms with E-state index in [-0.39, 0.29) is 0 Å². The van der Waals surface area contributed by atoms with Gasteiger partial charge in [0.25, 0.3) is 0 Å². The van der Waals surface area contributed by atoms with E-state index in [1.54, 1.807) is 6.33 Å². The standard InChI is InChI=1S/C17H18N4O/c1-2-22-17-15-11-21(7-6-16(15)19-12-20-17)10-14-5-3-4-13(8-14)9-18/h3-5,8,12H,2,6-7,10-11H2,1H3. The minimum atomic E-state index is 0.605. The molecule has 112 valence electrons. The van der Waals surface area contributed by atoms with Crippen LogP contribution in [0.15, 0.2) is 30.6 Å². The summed E-state index contributed by atoms with van der Waals surface area (Å²) in [5.41, 5.74) is 4.03. The van der Waals surface area contributed by atoms with Gasteiger partial charge in [0.05, 0.1) is 23.9 Å². The van der Waals surface area contributed by atoms with Crippen molar-refractivity contribution in [3.63, 3.8) is 0 Å². The maximum absolute atomic E-state index is 9.00. The van der Waals surface area contributed by atoms with Gasteiger partial charge in [0.2, 0.25) is 5.88 Å². The minimum Gasteiger partial charge on any atom is -0.478 e. The summed E-state index contributed by atoms with van der Waals surface area (Å²) in [6.45, 7) is 5.11. The van der Waals surface area contributed by atoms with Gasteiger partial charge in [-0.3, -0.25) is 4.90 Å². The van der Waals surface area contributed by atoms with Crippen LogP contribution in [0.3, 0.4) is 0 Å². The third-order valence-electron chi connectivity index (χ3n) is 3.78. The summed E-state index contributed by atoms with van der Waals surface area (Å²) >= 11 is 0. The highest BCUT2D eigenvalue weighted by Gasteiger charge is 2.21. The van der Waals surface area contributed by atoms with Crippen molar-refractivity contribution in [1.29, 1.82) is 5.26 Å². The quantitative estimate of drug-likeness (QED) is 0.866. The molecule has 2 aromatic rings. The smallest absolute Gasteiger partial charge is 0.221 e. The number of hydrogen-bond acceptors (Lipinski definition) is 5. The number of rotatable bonds is 4. The Morgan fingerprint density at radius 3 is 3.09 bits per heavy atom. The van der Waals surface area contributed by atoms with E-state index in [1.165, 1.54) is 0 Å². The Morgan fingerprint density at radius 2 is 2.27 bits per heavy atom. The number of aromatic nitrogens is 2. The van der Waals surface area contributed by atoms with Gasteiger partial charge in [0.15, 0.2) is 0 Å². The Bertz CT molecular complexity index is 708. The predicted molar refractivity (Wildman–Crippen MR) is 82.2 cm³/mol. The van der Waals surface area contributed by atoms with Gasteiger partial charge in [0, 0.05) is 31.6 Å². The van der Waals surface area contributed by atoms with E-state index < -0.39 is 0 Å². The summed E-state index contributed by atoms with van der Waals surface area (Å²) in [6, 6.07) is 9.95. The molecule has 22 heavy (non-hydrogen) atoms. The number of hydrogen-bond donors (Lipinski definition) is 0. The third-order valence-corrected chi connectivity index (χ3v) is 3.78. The van der Waals surface area contributed by atoms with E-state index in [9.17, 15) is 0 Å². The Morgan fingerprint density at radius 1 is 1.36 bits per heavy atom.